The number of carboxylic acids is 1. The Hall–Kier alpha value is -1.43. The summed E-state index contributed by atoms with van der Waals surface area (Å²) in [5.74, 6) is 0.371. The molecular weight excluding hydrogens is 246 g/mol. The first-order valence-corrected chi connectivity index (χ1v) is 6.55. The molecule has 1 fully saturated rings. The highest BCUT2D eigenvalue weighted by atomic mass is 16.5. The van der Waals surface area contributed by atoms with E-state index in [0.717, 1.165) is 6.54 Å². The summed E-state index contributed by atoms with van der Waals surface area (Å²) in [7, 11) is 0. The van der Waals surface area contributed by atoms with Gasteiger partial charge in [-0.1, -0.05) is 32.9 Å². The number of nitrogens with zero attached hydrogens (tertiary/aromatic N) is 3. The maximum Gasteiger partial charge on any atom is 0.308 e. The average molecular weight is 267 g/mol. The van der Waals surface area contributed by atoms with E-state index in [0.29, 0.717) is 24.8 Å². The van der Waals surface area contributed by atoms with Crippen LogP contribution in [0.2, 0.25) is 0 Å². The van der Waals surface area contributed by atoms with E-state index in [1.165, 1.54) is 0 Å². The molecule has 0 spiro atoms. The molecule has 6 nitrogen and oxygen atoms in total. The quantitative estimate of drug-likeness (QED) is 0.894. The highest BCUT2D eigenvalue weighted by Crippen LogP contribution is 2.25. The third-order valence-electron chi connectivity index (χ3n) is 3.50. The molecule has 1 aromatic heterocycles. The zero-order valence-electron chi connectivity index (χ0n) is 11.9. The van der Waals surface area contributed by atoms with Crippen LogP contribution in [-0.4, -0.2) is 39.2 Å². The molecule has 2 heterocycles. The third-order valence-corrected chi connectivity index (χ3v) is 3.50. The second kappa shape index (κ2) is 4.92. The van der Waals surface area contributed by atoms with Crippen molar-refractivity contribution in [1.29, 1.82) is 0 Å². The number of hydrogen-bond acceptors (Lipinski definition) is 5. The predicted octanol–water partition coefficient (Wildman–Crippen LogP) is 1.52. The summed E-state index contributed by atoms with van der Waals surface area (Å²) in [5, 5.41) is 13.1. The van der Waals surface area contributed by atoms with Gasteiger partial charge in [0.05, 0.1) is 12.5 Å². The molecule has 2 atom stereocenters. The first-order valence-electron chi connectivity index (χ1n) is 6.55. The van der Waals surface area contributed by atoms with Crippen molar-refractivity contribution >= 4 is 5.97 Å². The predicted molar refractivity (Wildman–Crippen MR) is 68.6 cm³/mol. The molecule has 0 radical (unpaired) electrons. The van der Waals surface area contributed by atoms with Gasteiger partial charge < -0.3 is 9.63 Å². The van der Waals surface area contributed by atoms with Crippen LogP contribution in [0.1, 0.15) is 39.4 Å². The Morgan fingerprint density at radius 3 is 2.63 bits per heavy atom. The third kappa shape index (κ3) is 3.12. The van der Waals surface area contributed by atoms with E-state index >= 15 is 0 Å². The zero-order chi connectivity index (χ0) is 14.2. The zero-order valence-corrected chi connectivity index (χ0v) is 11.9. The Kier molecular flexibility index (Phi) is 3.62. The first-order chi connectivity index (χ1) is 8.77. The normalized spacial score (nSPS) is 24.8. The molecule has 1 aromatic rings. The van der Waals surface area contributed by atoms with E-state index in [1.807, 2.05) is 27.7 Å². The number of carboxylic acid groups (broad SMARTS) is 1. The Bertz CT molecular complexity index is 464. The van der Waals surface area contributed by atoms with Crippen LogP contribution in [0.15, 0.2) is 4.52 Å². The van der Waals surface area contributed by atoms with Gasteiger partial charge in [-0.15, -0.1) is 0 Å². The highest BCUT2D eigenvalue weighted by Gasteiger charge is 2.35. The molecule has 1 N–H and O–H groups in total. The Morgan fingerprint density at radius 2 is 2.16 bits per heavy atom. The van der Waals surface area contributed by atoms with Crippen molar-refractivity contribution in [3.8, 4) is 0 Å². The van der Waals surface area contributed by atoms with Crippen LogP contribution in [0.25, 0.3) is 0 Å². The highest BCUT2D eigenvalue weighted by molar-refractivity contribution is 5.71. The molecule has 0 amide bonds. The molecule has 0 aromatic carbocycles. The molecule has 1 aliphatic rings. The maximum atomic E-state index is 11.1. The second-order valence-electron chi connectivity index (χ2n) is 6.38. The summed E-state index contributed by atoms with van der Waals surface area (Å²) in [6.45, 7) is 9.87. The van der Waals surface area contributed by atoms with Crippen LogP contribution >= 0.6 is 0 Å². The maximum absolute atomic E-state index is 11.1. The van der Waals surface area contributed by atoms with Gasteiger partial charge in [-0.2, -0.15) is 4.98 Å². The molecule has 0 aliphatic carbocycles. The van der Waals surface area contributed by atoms with Crippen molar-refractivity contribution in [3.63, 3.8) is 0 Å². The van der Waals surface area contributed by atoms with Gasteiger partial charge in [0.15, 0.2) is 5.82 Å². The molecule has 0 bridgehead atoms. The minimum atomic E-state index is -0.726. The molecule has 0 saturated carbocycles. The van der Waals surface area contributed by atoms with Gasteiger partial charge in [0, 0.05) is 18.5 Å². The smallest absolute Gasteiger partial charge is 0.308 e. The Balaban J connectivity index is 1.99. The van der Waals surface area contributed by atoms with Crippen molar-refractivity contribution in [2.75, 3.05) is 13.1 Å². The van der Waals surface area contributed by atoms with Gasteiger partial charge >= 0.3 is 5.97 Å². The lowest BCUT2D eigenvalue weighted by atomic mass is 9.96. The Labute approximate surface area is 112 Å². The Morgan fingerprint density at radius 1 is 1.47 bits per heavy atom. The number of rotatable bonds is 3. The van der Waals surface area contributed by atoms with E-state index in [2.05, 4.69) is 15.0 Å². The fraction of sp³-hybridized carbons (Fsp3) is 0.769. The number of hydrogen-bond donors (Lipinski definition) is 1. The minimum Gasteiger partial charge on any atom is -0.481 e. The molecule has 2 rings (SSSR count). The molecule has 6 heteroatoms. The van der Waals surface area contributed by atoms with Crippen molar-refractivity contribution in [2.45, 2.75) is 39.7 Å². The lowest BCUT2D eigenvalue weighted by Crippen LogP contribution is -2.23. The lowest BCUT2D eigenvalue weighted by Gasteiger charge is -2.12. The van der Waals surface area contributed by atoms with Crippen molar-refractivity contribution < 1.29 is 14.4 Å². The van der Waals surface area contributed by atoms with Crippen molar-refractivity contribution in [2.24, 2.45) is 11.8 Å². The van der Waals surface area contributed by atoms with E-state index in [4.69, 9.17) is 9.63 Å². The van der Waals surface area contributed by atoms with Gasteiger partial charge in [0.2, 0.25) is 5.89 Å². The molecule has 19 heavy (non-hydrogen) atoms. The average Bonchev–Trinajstić information content (AvgIpc) is 2.85. The summed E-state index contributed by atoms with van der Waals surface area (Å²) in [4.78, 5) is 17.5. The van der Waals surface area contributed by atoms with E-state index in [1.54, 1.807) is 0 Å². The molecule has 1 saturated heterocycles. The molecule has 106 valence electrons. The summed E-state index contributed by atoms with van der Waals surface area (Å²) in [6, 6.07) is 0. The van der Waals surface area contributed by atoms with Crippen LogP contribution in [0, 0.1) is 11.8 Å². The fourth-order valence-corrected chi connectivity index (χ4v) is 2.33. The minimum absolute atomic E-state index is 0.135. The summed E-state index contributed by atoms with van der Waals surface area (Å²) in [5.41, 5.74) is -0.135. The summed E-state index contributed by atoms with van der Waals surface area (Å²) in [6.07, 6.45) is 0. The summed E-state index contributed by atoms with van der Waals surface area (Å²) < 4.78 is 5.23. The van der Waals surface area contributed by atoms with Gasteiger partial charge in [-0.05, 0) is 5.92 Å². The van der Waals surface area contributed by atoms with Gasteiger partial charge in [0.1, 0.15) is 0 Å². The monoisotopic (exact) mass is 267 g/mol. The number of carbonyl (C=O) groups is 1. The standard InChI is InChI=1S/C13H21N3O3/c1-8-5-16(6-9(8)11(17)18)7-10-14-12(15-19-10)13(2,3)4/h8-9H,5-7H2,1-4H3,(H,17,18). The van der Waals surface area contributed by atoms with Gasteiger partial charge in [0.25, 0.3) is 0 Å². The topological polar surface area (TPSA) is 79.5 Å². The number of aliphatic carboxylic acids is 1. The second-order valence-corrected chi connectivity index (χ2v) is 6.38. The van der Waals surface area contributed by atoms with Crippen molar-refractivity contribution in [1.82, 2.24) is 15.0 Å². The number of aromatic nitrogens is 2. The first kappa shape index (κ1) is 14.0. The lowest BCUT2D eigenvalue weighted by molar-refractivity contribution is -0.142. The van der Waals surface area contributed by atoms with E-state index in [-0.39, 0.29) is 17.3 Å². The van der Waals surface area contributed by atoms with Crippen LogP contribution < -0.4 is 0 Å². The van der Waals surface area contributed by atoms with Crippen LogP contribution in [-0.2, 0) is 16.8 Å². The van der Waals surface area contributed by atoms with Crippen molar-refractivity contribution in [3.05, 3.63) is 11.7 Å². The van der Waals surface area contributed by atoms with Crippen LogP contribution in [0.4, 0.5) is 0 Å². The fourth-order valence-electron chi connectivity index (χ4n) is 2.33. The van der Waals surface area contributed by atoms with Crippen LogP contribution in [0.5, 0.6) is 0 Å². The molecule has 2 unspecified atom stereocenters. The van der Waals surface area contributed by atoms with E-state index < -0.39 is 5.97 Å². The van der Waals surface area contributed by atoms with E-state index in [9.17, 15) is 4.79 Å². The summed E-state index contributed by atoms with van der Waals surface area (Å²) >= 11 is 0. The van der Waals surface area contributed by atoms with Gasteiger partial charge in [-0.3, -0.25) is 9.69 Å². The number of likely N-dealkylation sites (tertiary alicyclic amines) is 1. The molecule has 1 aliphatic heterocycles. The van der Waals surface area contributed by atoms with Crippen LogP contribution in [0.3, 0.4) is 0 Å². The SMILES string of the molecule is CC1CN(Cc2nc(C(C)(C)C)no2)CC1C(=O)O. The largest absolute Gasteiger partial charge is 0.481 e. The van der Waals surface area contributed by atoms with Gasteiger partial charge in [-0.25, -0.2) is 0 Å². The molecular formula is C13H21N3O3.